The molecule has 3 aliphatic rings. The minimum Gasteiger partial charge on any atom is -0.365 e. The van der Waals surface area contributed by atoms with Gasteiger partial charge in [0.25, 0.3) is 5.91 Å². The van der Waals surface area contributed by atoms with Crippen molar-refractivity contribution in [2.45, 2.75) is 45.1 Å². The highest BCUT2D eigenvalue weighted by Gasteiger charge is 2.44. The maximum absolute atomic E-state index is 13.2. The van der Waals surface area contributed by atoms with E-state index in [4.69, 9.17) is 0 Å². The standard InChI is InChI=1S/C20H24N4O/c1-3-20(4-2)12-11-16-17(22-20)23-14-8-13-21-18(23)19(25)24(16)15-9-6-5-7-10-15/h5-10,13,22H,3-4,11-12,14H2,1-2H3. The Morgan fingerprint density at radius 1 is 1.20 bits per heavy atom. The van der Waals surface area contributed by atoms with Gasteiger partial charge in [-0.1, -0.05) is 32.0 Å². The van der Waals surface area contributed by atoms with Crippen LogP contribution in [0.3, 0.4) is 0 Å². The number of carbonyl (C=O) groups is 1. The van der Waals surface area contributed by atoms with E-state index in [0.29, 0.717) is 12.4 Å². The molecule has 1 aromatic rings. The summed E-state index contributed by atoms with van der Waals surface area (Å²) in [6.07, 6.45) is 7.78. The summed E-state index contributed by atoms with van der Waals surface area (Å²) in [7, 11) is 0. The number of hydrogen-bond donors (Lipinski definition) is 1. The number of para-hydroxylation sites is 1. The lowest BCUT2D eigenvalue weighted by atomic mass is 9.83. The molecule has 5 heteroatoms. The zero-order chi connectivity index (χ0) is 17.4. The van der Waals surface area contributed by atoms with E-state index < -0.39 is 0 Å². The van der Waals surface area contributed by atoms with Crippen molar-refractivity contribution in [2.75, 3.05) is 11.4 Å². The van der Waals surface area contributed by atoms with Gasteiger partial charge in [-0.05, 0) is 43.9 Å². The second-order valence-corrected chi connectivity index (χ2v) is 6.83. The van der Waals surface area contributed by atoms with Crippen LogP contribution >= 0.6 is 0 Å². The second-order valence-electron chi connectivity index (χ2n) is 6.83. The number of benzene rings is 1. The molecule has 0 unspecified atom stereocenters. The molecule has 0 aromatic heterocycles. The Morgan fingerprint density at radius 2 is 1.96 bits per heavy atom. The van der Waals surface area contributed by atoms with Crippen molar-refractivity contribution in [3.63, 3.8) is 0 Å². The smallest absolute Gasteiger partial charge is 0.298 e. The molecule has 3 heterocycles. The van der Waals surface area contributed by atoms with Crippen LogP contribution in [-0.4, -0.2) is 28.7 Å². The summed E-state index contributed by atoms with van der Waals surface area (Å²) in [4.78, 5) is 21.4. The Labute approximate surface area is 148 Å². The number of nitrogens with one attached hydrogen (secondary N) is 1. The largest absolute Gasteiger partial charge is 0.365 e. The number of hydrogen-bond acceptors (Lipinski definition) is 4. The highest BCUT2D eigenvalue weighted by Crippen LogP contribution is 2.38. The first kappa shape index (κ1) is 15.9. The van der Waals surface area contributed by atoms with Crippen LogP contribution in [0.1, 0.15) is 39.5 Å². The number of fused-ring (bicyclic) bond motifs is 2. The first-order valence-electron chi connectivity index (χ1n) is 9.10. The summed E-state index contributed by atoms with van der Waals surface area (Å²) >= 11 is 0. The summed E-state index contributed by atoms with van der Waals surface area (Å²) in [6, 6.07) is 9.88. The van der Waals surface area contributed by atoms with Crippen LogP contribution in [0.5, 0.6) is 0 Å². The molecule has 1 aromatic carbocycles. The fourth-order valence-electron chi connectivity index (χ4n) is 3.96. The number of anilines is 1. The zero-order valence-electron chi connectivity index (χ0n) is 14.8. The quantitative estimate of drug-likeness (QED) is 0.920. The fourth-order valence-corrected chi connectivity index (χ4v) is 3.96. The van der Waals surface area contributed by atoms with Crippen molar-refractivity contribution in [2.24, 2.45) is 4.99 Å². The van der Waals surface area contributed by atoms with Crippen LogP contribution in [0.2, 0.25) is 0 Å². The van der Waals surface area contributed by atoms with Gasteiger partial charge in [-0.25, -0.2) is 4.99 Å². The molecule has 0 bridgehead atoms. The molecule has 0 fully saturated rings. The molecule has 0 aliphatic carbocycles. The third-order valence-electron chi connectivity index (χ3n) is 5.65. The van der Waals surface area contributed by atoms with E-state index in [-0.39, 0.29) is 11.4 Å². The van der Waals surface area contributed by atoms with E-state index in [1.807, 2.05) is 46.2 Å². The molecule has 4 rings (SSSR count). The Morgan fingerprint density at radius 3 is 2.68 bits per heavy atom. The maximum atomic E-state index is 13.2. The van der Waals surface area contributed by atoms with Crippen molar-refractivity contribution in [1.82, 2.24) is 10.2 Å². The monoisotopic (exact) mass is 336 g/mol. The number of amides is 1. The predicted molar refractivity (Wildman–Crippen MR) is 99.9 cm³/mol. The molecule has 130 valence electrons. The van der Waals surface area contributed by atoms with E-state index in [1.165, 1.54) is 0 Å². The van der Waals surface area contributed by atoms with Gasteiger partial charge in [0.05, 0.1) is 5.70 Å². The van der Waals surface area contributed by atoms with Gasteiger partial charge in [0.1, 0.15) is 5.82 Å². The third-order valence-corrected chi connectivity index (χ3v) is 5.65. The van der Waals surface area contributed by atoms with Crippen molar-refractivity contribution in [3.8, 4) is 0 Å². The number of amidine groups is 1. The van der Waals surface area contributed by atoms with Crippen LogP contribution in [-0.2, 0) is 4.79 Å². The van der Waals surface area contributed by atoms with Gasteiger partial charge < -0.3 is 10.2 Å². The lowest BCUT2D eigenvalue weighted by Crippen LogP contribution is -2.60. The van der Waals surface area contributed by atoms with Crippen LogP contribution in [0.4, 0.5) is 5.69 Å². The van der Waals surface area contributed by atoms with Gasteiger partial charge in [-0.15, -0.1) is 0 Å². The second kappa shape index (κ2) is 6.06. The zero-order valence-corrected chi connectivity index (χ0v) is 14.8. The third kappa shape index (κ3) is 2.46. The van der Waals surface area contributed by atoms with Gasteiger partial charge in [0.2, 0.25) is 5.84 Å². The van der Waals surface area contributed by atoms with E-state index in [9.17, 15) is 4.79 Å². The Hall–Kier alpha value is -2.56. The molecule has 0 atom stereocenters. The number of allylic oxidation sites excluding steroid dienone is 1. The van der Waals surface area contributed by atoms with Gasteiger partial charge in [0, 0.05) is 24.0 Å². The number of rotatable bonds is 3. The van der Waals surface area contributed by atoms with Crippen LogP contribution < -0.4 is 10.2 Å². The summed E-state index contributed by atoms with van der Waals surface area (Å²) in [5.74, 6) is 1.50. The normalized spacial score (nSPS) is 21.5. The molecule has 0 radical (unpaired) electrons. The number of aliphatic imine (C=N–C) groups is 1. The van der Waals surface area contributed by atoms with Gasteiger partial charge in [-0.2, -0.15) is 0 Å². The van der Waals surface area contributed by atoms with Gasteiger partial charge in [-0.3, -0.25) is 9.69 Å². The minimum absolute atomic E-state index is 0.0448. The van der Waals surface area contributed by atoms with Crippen molar-refractivity contribution in [1.29, 1.82) is 0 Å². The lowest BCUT2D eigenvalue weighted by molar-refractivity contribution is -0.113. The van der Waals surface area contributed by atoms with Crippen LogP contribution in [0.25, 0.3) is 0 Å². The minimum atomic E-state index is -0.0448. The Kier molecular flexibility index (Phi) is 3.86. The maximum Gasteiger partial charge on any atom is 0.298 e. The van der Waals surface area contributed by atoms with Crippen molar-refractivity contribution >= 4 is 17.4 Å². The van der Waals surface area contributed by atoms with Gasteiger partial charge in [0.15, 0.2) is 0 Å². The average Bonchev–Trinajstić information content (AvgIpc) is 2.69. The molecule has 0 saturated heterocycles. The summed E-state index contributed by atoms with van der Waals surface area (Å²) in [6.45, 7) is 5.15. The first-order valence-corrected chi connectivity index (χ1v) is 9.10. The van der Waals surface area contributed by atoms with Crippen molar-refractivity contribution < 1.29 is 4.79 Å². The molecule has 0 saturated carbocycles. The molecular formula is C20H24N4O. The number of carbonyl (C=O) groups excluding carboxylic acids is 1. The molecule has 3 aliphatic heterocycles. The fraction of sp³-hybridized carbons (Fsp3) is 0.400. The van der Waals surface area contributed by atoms with Crippen molar-refractivity contribution in [3.05, 3.63) is 54.1 Å². The van der Waals surface area contributed by atoms with E-state index in [1.54, 1.807) is 6.20 Å². The lowest BCUT2D eigenvalue weighted by Gasteiger charge is -2.48. The SMILES string of the molecule is CCC1(CC)CCC2=C(N1)N1CC=CN=C1C(=O)N2c1ccccc1. The van der Waals surface area contributed by atoms with E-state index in [0.717, 1.165) is 42.9 Å². The van der Waals surface area contributed by atoms with E-state index in [2.05, 4.69) is 24.2 Å². The number of nitrogens with zero attached hydrogens (tertiary/aromatic N) is 3. The molecule has 5 nitrogen and oxygen atoms in total. The first-order chi connectivity index (χ1) is 12.2. The predicted octanol–water partition coefficient (Wildman–Crippen LogP) is 3.37. The molecule has 25 heavy (non-hydrogen) atoms. The Balaban J connectivity index is 1.85. The summed E-state index contributed by atoms with van der Waals surface area (Å²) in [5, 5.41) is 3.78. The average molecular weight is 336 g/mol. The summed E-state index contributed by atoms with van der Waals surface area (Å²) in [5.41, 5.74) is 2.05. The topological polar surface area (TPSA) is 47.9 Å². The molecular weight excluding hydrogens is 312 g/mol. The highest BCUT2D eigenvalue weighted by atomic mass is 16.2. The Bertz CT molecular complexity index is 774. The molecule has 1 N–H and O–H groups in total. The van der Waals surface area contributed by atoms with Gasteiger partial charge >= 0.3 is 0 Å². The van der Waals surface area contributed by atoms with Crippen LogP contribution in [0, 0.1) is 0 Å². The molecule has 0 spiro atoms. The summed E-state index contributed by atoms with van der Waals surface area (Å²) < 4.78 is 0. The van der Waals surface area contributed by atoms with Crippen LogP contribution in [0.15, 0.2) is 59.1 Å². The van der Waals surface area contributed by atoms with E-state index >= 15 is 0 Å². The molecule has 1 amide bonds. The highest BCUT2D eigenvalue weighted by molar-refractivity contribution is 6.44.